The summed E-state index contributed by atoms with van der Waals surface area (Å²) in [5, 5.41) is 4.51. The second-order valence-electron chi connectivity index (χ2n) is 8.24. The van der Waals surface area contributed by atoms with Crippen LogP contribution in [0.3, 0.4) is 0 Å². The highest BCUT2D eigenvalue weighted by atomic mass is 79.9. The molecule has 0 aliphatic heterocycles. The van der Waals surface area contributed by atoms with Crippen LogP contribution in [0.2, 0.25) is 5.02 Å². The number of halogens is 2. The molecule has 0 fully saturated rings. The van der Waals surface area contributed by atoms with Crippen molar-refractivity contribution in [2.75, 3.05) is 10.8 Å². The van der Waals surface area contributed by atoms with Gasteiger partial charge in [-0.05, 0) is 74.5 Å². The third-order valence-electron chi connectivity index (χ3n) is 5.66. The van der Waals surface area contributed by atoms with Crippen LogP contribution in [-0.2, 0) is 14.8 Å². The lowest BCUT2D eigenvalue weighted by Crippen LogP contribution is -2.39. The van der Waals surface area contributed by atoms with E-state index in [1.165, 1.54) is 24.3 Å². The topological polar surface area (TPSA) is 83.8 Å². The Hall–Kier alpha value is -3.40. The second kappa shape index (κ2) is 11.3. The minimum atomic E-state index is -4.03. The summed E-state index contributed by atoms with van der Waals surface area (Å²) in [5.74, 6) is -0.585. The molecule has 0 aliphatic carbocycles. The summed E-state index contributed by atoms with van der Waals surface area (Å²) in [6, 6.07) is 24.1. The first-order valence-corrected chi connectivity index (χ1v) is 13.9. The number of carbonyl (C=O) groups excluding carboxylic acids is 1. The van der Waals surface area contributed by atoms with Crippen molar-refractivity contribution in [3.8, 4) is 5.69 Å². The zero-order valence-electron chi connectivity index (χ0n) is 20.1. The fourth-order valence-corrected chi connectivity index (χ4v) is 5.85. The summed E-state index contributed by atoms with van der Waals surface area (Å²) in [4.78, 5) is 12.8. The molecule has 0 atom stereocenters. The molecular weight excluding hydrogens is 576 g/mol. The Labute approximate surface area is 229 Å². The lowest BCUT2D eigenvalue weighted by molar-refractivity contribution is -0.119. The quantitative estimate of drug-likeness (QED) is 0.204. The maximum Gasteiger partial charge on any atom is 0.264 e. The maximum atomic E-state index is 13.4. The molecule has 0 saturated heterocycles. The zero-order chi connectivity index (χ0) is 26.6. The van der Waals surface area contributed by atoms with Gasteiger partial charge in [-0.2, -0.15) is 5.10 Å². The number of benzene rings is 3. The van der Waals surface area contributed by atoms with Crippen LogP contribution >= 0.6 is 27.5 Å². The SMILES string of the molecule is Cc1cc(/C=N\NC(=O)CN(c2ccccc2)S(=O)(=O)c2ccc(Cl)cc2)c(C)n1-c1cccc(Br)c1. The van der Waals surface area contributed by atoms with Crippen LogP contribution < -0.4 is 9.73 Å². The Morgan fingerprint density at radius 1 is 1.03 bits per heavy atom. The van der Waals surface area contributed by atoms with E-state index >= 15 is 0 Å². The van der Waals surface area contributed by atoms with Gasteiger partial charge >= 0.3 is 0 Å². The number of aryl methyl sites for hydroxylation is 1. The van der Waals surface area contributed by atoms with Gasteiger partial charge < -0.3 is 4.57 Å². The third kappa shape index (κ3) is 6.12. The molecule has 0 spiro atoms. The van der Waals surface area contributed by atoms with Gasteiger partial charge in [-0.15, -0.1) is 0 Å². The number of nitrogens with zero attached hydrogens (tertiary/aromatic N) is 3. The van der Waals surface area contributed by atoms with Crippen LogP contribution in [0.15, 0.2) is 99.4 Å². The molecule has 1 amide bonds. The van der Waals surface area contributed by atoms with Gasteiger partial charge in [-0.25, -0.2) is 13.8 Å². The first-order valence-electron chi connectivity index (χ1n) is 11.3. The van der Waals surface area contributed by atoms with Crippen molar-refractivity contribution in [1.29, 1.82) is 0 Å². The van der Waals surface area contributed by atoms with E-state index in [1.807, 2.05) is 44.2 Å². The summed E-state index contributed by atoms with van der Waals surface area (Å²) in [6.45, 7) is 3.50. The Kier molecular flexibility index (Phi) is 8.16. The maximum absolute atomic E-state index is 13.4. The minimum Gasteiger partial charge on any atom is -0.318 e. The third-order valence-corrected chi connectivity index (χ3v) is 8.20. The summed E-state index contributed by atoms with van der Waals surface area (Å²) >= 11 is 9.42. The second-order valence-corrected chi connectivity index (χ2v) is 11.5. The predicted octanol–water partition coefficient (Wildman–Crippen LogP) is 5.86. The van der Waals surface area contributed by atoms with Crippen molar-refractivity contribution in [2.24, 2.45) is 5.10 Å². The van der Waals surface area contributed by atoms with Crippen LogP contribution in [0.25, 0.3) is 5.69 Å². The van der Waals surface area contributed by atoms with Gasteiger partial charge in [0.05, 0.1) is 16.8 Å². The van der Waals surface area contributed by atoms with Gasteiger partial charge in [0.15, 0.2) is 0 Å². The number of hydrogen-bond donors (Lipinski definition) is 1. The van der Waals surface area contributed by atoms with E-state index in [0.29, 0.717) is 10.7 Å². The molecule has 0 unspecified atom stereocenters. The molecule has 0 saturated carbocycles. The molecule has 4 rings (SSSR count). The number of hydrogen-bond acceptors (Lipinski definition) is 4. The lowest BCUT2D eigenvalue weighted by Gasteiger charge is -2.23. The van der Waals surface area contributed by atoms with Crippen LogP contribution in [0.4, 0.5) is 5.69 Å². The van der Waals surface area contributed by atoms with E-state index in [2.05, 4.69) is 31.0 Å². The van der Waals surface area contributed by atoms with Gasteiger partial charge in [-0.1, -0.05) is 51.8 Å². The highest BCUT2D eigenvalue weighted by Crippen LogP contribution is 2.25. The van der Waals surface area contributed by atoms with E-state index in [0.717, 1.165) is 31.4 Å². The number of nitrogens with one attached hydrogen (secondary N) is 1. The van der Waals surface area contributed by atoms with Crippen molar-refractivity contribution in [1.82, 2.24) is 9.99 Å². The standard InChI is InChI=1S/C27H24BrClN4O3S/c1-19-15-21(20(2)33(19)25-10-6-7-22(28)16-25)17-30-31-27(34)18-32(24-8-4-3-5-9-24)37(35,36)26-13-11-23(29)12-14-26/h3-17H,18H2,1-2H3,(H,31,34)/b30-17-. The molecule has 190 valence electrons. The number of hydrazone groups is 1. The fourth-order valence-electron chi connectivity index (χ4n) is 3.91. The van der Waals surface area contributed by atoms with E-state index in [4.69, 9.17) is 11.6 Å². The molecule has 1 aromatic heterocycles. The van der Waals surface area contributed by atoms with Crippen molar-refractivity contribution in [2.45, 2.75) is 18.7 Å². The highest BCUT2D eigenvalue weighted by Gasteiger charge is 2.27. The molecule has 10 heteroatoms. The molecule has 3 aromatic carbocycles. The largest absolute Gasteiger partial charge is 0.318 e. The highest BCUT2D eigenvalue weighted by molar-refractivity contribution is 9.10. The van der Waals surface area contributed by atoms with Crippen molar-refractivity contribution < 1.29 is 13.2 Å². The van der Waals surface area contributed by atoms with E-state index in [-0.39, 0.29) is 4.90 Å². The van der Waals surface area contributed by atoms with Crippen LogP contribution in [0.1, 0.15) is 17.0 Å². The van der Waals surface area contributed by atoms with Crippen LogP contribution in [-0.4, -0.2) is 31.7 Å². The number of para-hydroxylation sites is 1. The van der Waals surface area contributed by atoms with Gasteiger partial charge in [0.25, 0.3) is 15.9 Å². The van der Waals surface area contributed by atoms with Crippen molar-refractivity contribution >= 4 is 55.4 Å². The summed E-state index contributed by atoms with van der Waals surface area (Å²) in [5.41, 5.74) is 6.59. The van der Waals surface area contributed by atoms with E-state index in [1.54, 1.807) is 36.5 Å². The van der Waals surface area contributed by atoms with E-state index in [9.17, 15) is 13.2 Å². The molecule has 37 heavy (non-hydrogen) atoms. The molecule has 0 radical (unpaired) electrons. The predicted molar refractivity (Wildman–Crippen MR) is 151 cm³/mol. The fraction of sp³-hybridized carbons (Fsp3) is 0.111. The van der Waals surface area contributed by atoms with Crippen molar-refractivity contribution in [3.63, 3.8) is 0 Å². The molecule has 7 nitrogen and oxygen atoms in total. The molecule has 1 N–H and O–H groups in total. The Morgan fingerprint density at radius 2 is 1.73 bits per heavy atom. The molecule has 0 aliphatic rings. The normalized spacial score (nSPS) is 11.6. The summed E-state index contributed by atoms with van der Waals surface area (Å²) in [7, 11) is -4.03. The molecule has 0 bridgehead atoms. The number of amides is 1. The summed E-state index contributed by atoms with van der Waals surface area (Å²) in [6.07, 6.45) is 1.55. The first-order chi connectivity index (χ1) is 17.7. The lowest BCUT2D eigenvalue weighted by atomic mass is 10.2. The minimum absolute atomic E-state index is 0.0250. The van der Waals surface area contributed by atoms with Crippen LogP contribution in [0, 0.1) is 13.8 Å². The number of anilines is 1. The average Bonchev–Trinajstić information content (AvgIpc) is 3.16. The van der Waals surface area contributed by atoms with Crippen molar-refractivity contribution in [3.05, 3.63) is 111 Å². The molecular formula is C27H24BrClN4O3S. The first kappa shape index (κ1) is 26.7. The van der Waals surface area contributed by atoms with Gasteiger partial charge in [0.2, 0.25) is 0 Å². The monoisotopic (exact) mass is 598 g/mol. The van der Waals surface area contributed by atoms with Crippen LogP contribution in [0.5, 0.6) is 0 Å². The molecule has 4 aromatic rings. The van der Waals surface area contributed by atoms with Gasteiger partial charge in [-0.3, -0.25) is 9.10 Å². The Bertz CT molecular complexity index is 1550. The smallest absolute Gasteiger partial charge is 0.264 e. The summed E-state index contributed by atoms with van der Waals surface area (Å²) < 4.78 is 30.9. The van der Waals surface area contributed by atoms with Gasteiger partial charge in [0.1, 0.15) is 6.54 Å². The van der Waals surface area contributed by atoms with E-state index < -0.39 is 22.5 Å². The number of aromatic nitrogens is 1. The van der Waals surface area contributed by atoms with Gasteiger partial charge in [0, 0.05) is 32.1 Å². The molecule has 1 heterocycles. The zero-order valence-corrected chi connectivity index (χ0v) is 23.3. The Balaban J connectivity index is 1.53. The average molecular weight is 600 g/mol. The number of rotatable bonds is 8. The number of carbonyl (C=O) groups is 1. The number of sulfonamides is 1. The Morgan fingerprint density at radius 3 is 2.41 bits per heavy atom.